The van der Waals surface area contributed by atoms with Gasteiger partial charge in [0.25, 0.3) is 0 Å². The van der Waals surface area contributed by atoms with E-state index < -0.39 is 5.97 Å². The predicted octanol–water partition coefficient (Wildman–Crippen LogP) is 4.30. The van der Waals surface area contributed by atoms with Crippen molar-refractivity contribution in [2.75, 3.05) is 20.2 Å². The van der Waals surface area contributed by atoms with E-state index in [1.807, 2.05) is 7.05 Å². The number of halogens is 3. The summed E-state index contributed by atoms with van der Waals surface area (Å²) in [4.78, 5) is 14.0. The van der Waals surface area contributed by atoms with E-state index in [1.165, 1.54) is 6.07 Å². The van der Waals surface area contributed by atoms with Crippen LogP contribution in [0.25, 0.3) is 0 Å². The first-order chi connectivity index (χ1) is 8.71. The van der Waals surface area contributed by atoms with Gasteiger partial charge < -0.3 is 4.74 Å². The van der Waals surface area contributed by atoms with Crippen LogP contribution in [0.4, 0.5) is 0 Å². The van der Waals surface area contributed by atoms with Crippen molar-refractivity contribution in [1.82, 2.24) is 4.90 Å². The summed E-state index contributed by atoms with van der Waals surface area (Å²) >= 11 is 11.8. The van der Waals surface area contributed by atoms with Crippen LogP contribution in [0.2, 0.25) is 10.0 Å². The van der Waals surface area contributed by atoms with Gasteiger partial charge in [0.1, 0.15) is 6.61 Å². The van der Waals surface area contributed by atoms with Crippen LogP contribution >= 0.6 is 35.6 Å². The summed E-state index contributed by atoms with van der Waals surface area (Å²) < 4.78 is 5.21. The summed E-state index contributed by atoms with van der Waals surface area (Å²) in [6, 6.07) is 4.73. The first-order valence-electron chi connectivity index (χ1n) is 6.05. The van der Waals surface area contributed by atoms with Gasteiger partial charge >= 0.3 is 5.97 Å². The molecule has 1 aromatic carbocycles. The van der Waals surface area contributed by atoms with Crippen molar-refractivity contribution in [3.8, 4) is 0 Å². The van der Waals surface area contributed by atoms with Crippen LogP contribution in [0.5, 0.6) is 0 Å². The number of benzene rings is 1. The highest BCUT2D eigenvalue weighted by Crippen LogP contribution is 2.21. The van der Waals surface area contributed by atoms with Gasteiger partial charge in [-0.05, 0) is 46.0 Å². The maximum Gasteiger partial charge on any atom is 0.339 e. The zero-order valence-corrected chi connectivity index (χ0v) is 14.4. The van der Waals surface area contributed by atoms with Crippen molar-refractivity contribution in [2.45, 2.75) is 26.3 Å². The van der Waals surface area contributed by atoms with Crippen LogP contribution in [0.3, 0.4) is 0 Å². The van der Waals surface area contributed by atoms with Crippen molar-refractivity contribution in [2.24, 2.45) is 0 Å². The smallest absolute Gasteiger partial charge is 0.339 e. The molecule has 0 heterocycles. The van der Waals surface area contributed by atoms with Gasteiger partial charge in [-0.15, -0.1) is 12.4 Å². The fraction of sp³-hybridized carbons (Fsp3) is 0.500. The first kappa shape index (κ1) is 19.5. The molecule has 0 spiro atoms. The van der Waals surface area contributed by atoms with Gasteiger partial charge in [0.2, 0.25) is 0 Å². The Morgan fingerprint density at radius 2 is 1.90 bits per heavy atom. The van der Waals surface area contributed by atoms with Crippen molar-refractivity contribution in [3.05, 3.63) is 33.8 Å². The summed E-state index contributed by atoms with van der Waals surface area (Å²) in [6.45, 7) is 7.27. The SMILES string of the molecule is CN(CCOC(=O)c1cc(Cl)ccc1Cl)C(C)(C)C.Cl. The molecule has 0 aliphatic rings. The molecule has 0 aliphatic heterocycles. The lowest BCUT2D eigenvalue weighted by Gasteiger charge is -2.31. The Hall–Kier alpha value is -0.480. The topological polar surface area (TPSA) is 29.5 Å². The highest BCUT2D eigenvalue weighted by atomic mass is 35.5. The van der Waals surface area contributed by atoms with Gasteiger partial charge in [0.15, 0.2) is 0 Å². The molecule has 114 valence electrons. The molecule has 6 heteroatoms. The minimum Gasteiger partial charge on any atom is -0.461 e. The Balaban J connectivity index is 0.00000361. The average molecular weight is 341 g/mol. The van der Waals surface area contributed by atoms with Crippen molar-refractivity contribution < 1.29 is 9.53 Å². The summed E-state index contributed by atoms with van der Waals surface area (Å²) in [5.74, 6) is -0.449. The lowest BCUT2D eigenvalue weighted by Crippen LogP contribution is -2.40. The number of ether oxygens (including phenoxy) is 1. The molecule has 1 rings (SSSR count). The molecule has 0 fully saturated rings. The Morgan fingerprint density at radius 1 is 1.30 bits per heavy atom. The second kappa shape index (κ2) is 8.08. The van der Waals surface area contributed by atoms with E-state index in [0.29, 0.717) is 28.8 Å². The second-order valence-electron chi connectivity index (χ2n) is 5.35. The number of rotatable bonds is 4. The number of likely N-dealkylation sites (N-methyl/N-ethyl adjacent to an activating group) is 1. The summed E-state index contributed by atoms with van der Waals surface area (Å²) in [6.07, 6.45) is 0. The van der Waals surface area contributed by atoms with E-state index in [4.69, 9.17) is 27.9 Å². The standard InChI is InChI=1S/C14H19Cl2NO2.ClH/c1-14(2,3)17(4)7-8-19-13(18)11-9-10(15)5-6-12(11)16;/h5-6,9H,7-8H2,1-4H3;1H. The van der Waals surface area contributed by atoms with Crippen LogP contribution in [-0.4, -0.2) is 36.6 Å². The van der Waals surface area contributed by atoms with Crippen molar-refractivity contribution in [3.63, 3.8) is 0 Å². The zero-order valence-electron chi connectivity index (χ0n) is 12.1. The Labute approximate surface area is 136 Å². The van der Waals surface area contributed by atoms with E-state index in [0.717, 1.165) is 0 Å². The van der Waals surface area contributed by atoms with E-state index in [2.05, 4.69) is 25.7 Å². The van der Waals surface area contributed by atoms with Crippen molar-refractivity contribution in [1.29, 1.82) is 0 Å². The maximum atomic E-state index is 11.9. The lowest BCUT2D eigenvalue weighted by atomic mass is 10.1. The Morgan fingerprint density at radius 3 is 2.45 bits per heavy atom. The highest BCUT2D eigenvalue weighted by molar-refractivity contribution is 6.35. The van der Waals surface area contributed by atoms with Gasteiger partial charge in [0, 0.05) is 17.1 Å². The van der Waals surface area contributed by atoms with E-state index in [9.17, 15) is 4.79 Å². The van der Waals surface area contributed by atoms with Crippen LogP contribution in [0.1, 0.15) is 31.1 Å². The quantitative estimate of drug-likeness (QED) is 0.765. The lowest BCUT2D eigenvalue weighted by molar-refractivity contribution is 0.0424. The molecule has 0 saturated heterocycles. The molecule has 0 bridgehead atoms. The number of hydrogen-bond donors (Lipinski definition) is 0. The van der Waals surface area contributed by atoms with E-state index in [-0.39, 0.29) is 17.9 Å². The number of esters is 1. The highest BCUT2D eigenvalue weighted by Gasteiger charge is 2.18. The molecule has 0 aromatic heterocycles. The van der Waals surface area contributed by atoms with Crippen LogP contribution in [0.15, 0.2) is 18.2 Å². The Bertz CT molecular complexity index is 458. The molecular weight excluding hydrogens is 321 g/mol. The molecule has 20 heavy (non-hydrogen) atoms. The zero-order chi connectivity index (χ0) is 14.6. The first-order valence-corrected chi connectivity index (χ1v) is 6.81. The van der Waals surface area contributed by atoms with Crippen LogP contribution in [-0.2, 0) is 4.74 Å². The molecule has 0 amide bonds. The van der Waals surface area contributed by atoms with Gasteiger partial charge in [0.05, 0.1) is 10.6 Å². The number of hydrogen-bond acceptors (Lipinski definition) is 3. The van der Waals surface area contributed by atoms with Gasteiger partial charge in [-0.25, -0.2) is 4.79 Å². The summed E-state index contributed by atoms with van der Waals surface area (Å²) in [7, 11) is 1.99. The third-order valence-corrected chi connectivity index (χ3v) is 3.52. The number of carbonyl (C=O) groups excluding carboxylic acids is 1. The van der Waals surface area contributed by atoms with Gasteiger partial charge in [-0.1, -0.05) is 23.2 Å². The van der Waals surface area contributed by atoms with Crippen LogP contribution < -0.4 is 0 Å². The fourth-order valence-electron chi connectivity index (χ4n) is 1.34. The van der Waals surface area contributed by atoms with E-state index >= 15 is 0 Å². The normalized spacial score (nSPS) is 11.2. The third kappa shape index (κ3) is 5.88. The number of nitrogens with zero attached hydrogens (tertiary/aromatic N) is 1. The molecule has 3 nitrogen and oxygen atoms in total. The minimum absolute atomic E-state index is 0. The Kier molecular flexibility index (Phi) is 7.89. The van der Waals surface area contributed by atoms with Crippen LogP contribution in [0, 0.1) is 0 Å². The molecule has 0 N–H and O–H groups in total. The molecule has 0 atom stereocenters. The monoisotopic (exact) mass is 339 g/mol. The molecular formula is C14H20Cl3NO2. The van der Waals surface area contributed by atoms with Crippen molar-refractivity contribution >= 4 is 41.6 Å². The number of carbonyl (C=O) groups is 1. The van der Waals surface area contributed by atoms with Gasteiger partial charge in [-0.3, -0.25) is 4.90 Å². The van der Waals surface area contributed by atoms with Gasteiger partial charge in [-0.2, -0.15) is 0 Å². The van der Waals surface area contributed by atoms with E-state index in [1.54, 1.807) is 12.1 Å². The summed E-state index contributed by atoms with van der Waals surface area (Å²) in [5.41, 5.74) is 0.340. The summed E-state index contributed by atoms with van der Waals surface area (Å²) in [5, 5.41) is 0.807. The molecule has 0 saturated carbocycles. The largest absolute Gasteiger partial charge is 0.461 e. The molecule has 0 unspecified atom stereocenters. The molecule has 0 aliphatic carbocycles. The second-order valence-corrected chi connectivity index (χ2v) is 6.20. The maximum absolute atomic E-state index is 11.9. The fourth-order valence-corrected chi connectivity index (χ4v) is 1.71. The third-order valence-electron chi connectivity index (χ3n) is 2.95. The minimum atomic E-state index is -0.449. The molecule has 1 aromatic rings. The average Bonchev–Trinajstić information content (AvgIpc) is 2.30. The molecule has 0 radical (unpaired) electrons. The predicted molar refractivity (Wildman–Crippen MR) is 86.4 cm³/mol.